The van der Waals surface area contributed by atoms with E-state index in [9.17, 15) is 5.11 Å². The third kappa shape index (κ3) is 6.31. The molecule has 28 heavy (non-hydrogen) atoms. The Hall–Kier alpha value is -1.93. The first-order valence-corrected chi connectivity index (χ1v) is 9.65. The minimum atomic E-state index is -0.661. The first-order valence-electron chi connectivity index (χ1n) is 9.65. The van der Waals surface area contributed by atoms with Crippen molar-refractivity contribution in [1.29, 1.82) is 0 Å². The predicted molar refractivity (Wildman–Crippen MR) is 109 cm³/mol. The van der Waals surface area contributed by atoms with Crippen molar-refractivity contribution in [3.63, 3.8) is 0 Å². The van der Waals surface area contributed by atoms with E-state index >= 15 is 0 Å². The van der Waals surface area contributed by atoms with Crippen molar-refractivity contribution in [3.8, 4) is 6.01 Å². The van der Waals surface area contributed by atoms with E-state index in [0.717, 1.165) is 11.0 Å². The number of hydrogen-bond donors (Lipinski definition) is 1. The van der Waals surface area contributed by atoms with E-state index in [0.29, 0.717) is 45.6 Å². The van der Waals surface area contributed by atoms with E-state index in [4.69, 9.17) is 18.9 Å². The van der Waals surface area contributed by atoms with E-state index in [-0.39, 0.29) is 5.92 Å². The van der Waals surface area contributed by atoms with Crippen molar-refractivity contribution < 1.29 is 24.1 Å². The maximum atomic E-state index is 10.4. The Morgan fingerprint density at radius 3 is 2.46 bits per heavy atom. The maximum absolute atomic E-state index is 10.4. The van der Waals surface area contributed by atoms with Gasteiger partial charge in [-0.25, -0.2) is 0 Å². The fraction of sp³-hybridized carbons (Fsp3) is 0.571. The summed E-state index contributed by atoms with van der Waals surface area (Å²) in [5, 5.41) is 10.4. The normalized spacial score (nSPS) is 13.8. The second kappa shape index (κ2) is 11.8. The van der Waals surface area contributed by atoms with Crippen molar-refractivity contribution >= 4 is 11.0 Å². The number of hydrogen-bond acceptors (Lipinski definition) is 6. The molecule has 0 spiro atoms. The average Bonchev–Trinajstić information content (AvgIpc) is 3.04. The van der Waals surface area contributed by atoms with Crippen LogP contribution in [0.3, 0.4) is 0 Å². The van der Waals surface area contributed by atoms with Crippen LogP contribution < -0.4 is 4.74 Å². The minimum Gasteiger partial charge on any atom is -0.454 e. The van der Waals surface area contributed by atoms with Crippen LogP contribution in [0.4, 0.5) is 0 Å². The average molecular weight is 392 g/mol. The van der Waals surface area contributed by atoms with E-state index < -0.39 is 12.2 Å². The molecular weight excluding hydrogens is 360 g/mol. The number of ether oxygens (including phenoxy) is 4. The molecule has 1 N–H and O–H groups in total. The molecule has 2 rings (SSSR count). The van der Waals surface area contributed by atoms with Gasteiger partial charge in [-0.2, -0.15) is 4.98 Å². The smallest absolute Gasteiger partial charge is 0.298 e. The standard InChI is InChI=1S/C21H32N2O5/c1-5-19(20(24)16(2)3)28-21-22-17-8-6-7-9-18(17)23(21)10-11-26-14-15-27-13-12-25-4/h5-9,16,19-20,24H,1,10-15H2,2-4H3/t19-,20+/m0/s1. The number of rotatable bonds is 14. The van der Waals surface area contributed by atoms with Gasteiger partial charge >= 0.3 is 0 Å². The van der Waals surface area contributed by atoms with Crippen LogP contribution in [0.1, 0.15) is 13.8 Å². The number of methoxy groups -OCH3 is 1. The SMILES string of the molecule is C=C[C@H](Oc1nc2ccccc2n1CCOCCOCCOC)[C@H](O)C(C)C. The van der Waals surface area contributed by atoms with Gasteiger partial charge in [-0.15, -0.1) is 0 Å². The summed E-state index contributed by atoms with van der Waals surface area (Å²) in [5.41, 5.74) is 1.79. The molecule has 7 heteroatoms. The summed E-state index contributed by atoms with van der Waals surface area (Å²) < 4.78 is 24.0. The summed E-state index contributed by atoms with van der Waals surface area (Å²) in [6.07, 6.45) is 0.416. The van der Waals surface area contributed by atoms with Gasteiger partial charge < -0.3 is 24.1 Å². The molecule has 0 radical (unpaired) electrons. The number of aliphatic hydroxyl groups is 1. The highest BCUT2D eigenvalue weighted by Crippen LogP contribution is 2.23. The fourth-order valence-electron chi connectivity index (χ4n) is 2.74. The van der Waals surface area contributed by atoms with Crippen LogP contribution in [0.15, 0.2) is 36.9 Å². The predicted octanol–water partition coefficient (Wildman–Crippen LogP) is 2.67. The van der Waals surface area contributed by atoms with E-state index in [1.54, 1.807) is 13.2 Å². The lowest BCUT2D eigenvalue weighted by Gasteiger charge is -2.23. The van der Waals surface area contributed by atoms with Crippen molar-refractivity contribution in [2.45, 2.75) is 32.6 Å². The van der Waals surface area contributed by atoms with Gasteiger partial charge in [-0.3, -0.25) is 4.57 Å². The molecule has 0 saturated heterocycles. The minimum absolute atomic E-state index is 0.0438. The van der Waals surface area contributed by atoms with Crippen LogP contribution in [0.5, 0.6) is 6.01 Å². The second-order valence-electron chi connectivity index (χ2n) is 6.81. The lowest BCUT2D eigenvalue weighted by molar-refractivity contribution is 0.0180. The summed E-state index contributed by atoms with van der Waals surface area (Å²) in [5.74, 6) is 0.0438. The molecule has 0 aliphatic rings. The Bertz CT molecular complexity index is 716. The molecule has 0 unspecified atom stereocenters. The van der Waals surface area contributed by atoms with Crippen LogP contribution in [-0.2, 0) is 20.8 Å². The van der Waals surface area contributed by atoms with Crippen LogP contribution >= 0.6 is 0 Å². The van der Waals surface area contributed by atoms with Gasteiger partial charge in [0.15, 0.2) is 0 Å². The zero-order valence-corrected chi connectivity index (χ0v) is 17.0. The van der Waals surface area contributed by atoms with Crippen molar-refractivity contribution in [1.82, 2.24) is 9.55 Å². The van der Waals surface area contributed by atoms with Crippen LogP contribution in [0.25, 0.3) is 11.0 Å². The van der Waals surface area contributed by atoms with E-state index in [2.05, 4.69) is 11.6 Å². The van der Waals surface area contributed by atoms with Crippen LogP contribution in [-0.4, -0.2) is 67.0 Å². The summed E-state index contributed by atoms with van der Waals surface area (Å²) in [4.78, 5) is 4.58. The molecule has 2 aromatic rings. The molecule has 1 aromatic heterocycles. The van der Waals surface area contributed by atoms with Crippen molar-refractivity contribution in [2.24, 2.45) is 5.92 Å². The third-order valence-corrected chi connectivity index (χ3v) is 4.38. The molecule has 0 bridgehead atoms. The lowest BCUT2D eigenvalue weighted by Crippen LogP contribution is -2.34. The van der Waals surface area contributed by atoms with Gasteiger partial charge in [-0.05, 0) is 24.1 Å². The highest BCUT2D eigenvalue weighted by molar-refractivity contribution is 5.76. The Labute approximate surface area is 166 Å². The molecule has 7 nitrogen and oxygen atoms in total. The van der Waals surface area contributed by atoms with Gasteiger partial charge in [0.1, 0.15) is 6.10 Å². The number of nitrogens with zero attached hydrogens (tertiary/aromatic N) is 2. The topological polar surface area (TPSA) is 75.0 Å². The fourth-order valence-corrected chi connectivity index (χ4v) is 2.74. The molecule has 0 aliphatic carbocycles. The Morgan fingerprint density at radius 2 is 1.79 bits per heavy atom. The van der Waals surface area contributed by atoms with Crippen molar-refractivity contribution in [2.75, 3.05) is 40.1 Å². The summed E-state index contributed by atoms with van der Waals surface area (Å²) in [6, 6.07) is 8.27. The Morgan fingerprint density at radius 1 is 1.11 bits per heavy atom. The zero-order valence-electron chi connectivity index (χ0n) is 17.0. The summed E-state index contributed by atoms with van der Waals surface area (Å²) in [6.45, 7) is 10.9. The third-order valence-electron chi connectivity index (χ3n) is 4.38. The number of imidazole rings is 1. The van der Waals surface area contributed by atoms with E-state index in [1.807, 2.05) is 42.7 Å². The van der Waals surface area contributed by atoms with Crippen LogP contribution in [0.2, 0.25) is 0 Å². The molecule has 1 heterocycles. The molecule has 0 aliphatic heterocycles. The first kappa shape index (κ1) is 22.4. The molecule has 156 valence electrons. The van der Waals surface area contributed by atoms with Gasteiger partial charge in [0.25, 0.3) is 6.01 Å². The first-order chi connectivity index (χ1) is 13.6. The Balaban J connectivity index is 2.00. The second-order valence-corrected chi connectivity index (χ2v) is 6.81. The number of para-hydroxylation sites is 2. The van der Waals surface area contributed by atoms with Gasteiger partial charge in [0.2, 0.25) is 0 Å². The molecule has 2 atom stereocenters. The quantitative estimate of drug-likeness (QED) is 0.394. The highest BCUT2D eigenvalue weighted by atomic mass is 16.5. The molecule has 1 aromatic carbocycles. The number of benzene rings is 1. The largest absolute Gasteiger partial charge is 0.454 e. The number of fused-ring (bicyclic) bond motifs is 1. The summed E-state index contributed by atoms with van der Waals surface area (Å²) >= 11 is 0. The summed E-state index contributed by atoms with van der Waals surface area (Å²) in [7, 11) is 1.64. The van der Waals surface area contributed by atoms with E-state index in [1.165, 1.54) is 0 Å². The molecule has 0 amide bonds. The zero-order chi connectivity index (χ0) is 20.4. The van der Waals surface area contributed by atoms with Gasteiger partial charge in [0.05, 0.1) is 56.7 Å². The van der Waals surface area contributed by atoms with Gasteiger partial charge in [-0.1, -0.05) is 32.6 Å². The van der Waals surface area contributed by atoms with Crippen molar-refractivity contribution in [3.05, 3.63) is 36.9 Å². The molecular formula is C21H32N2O5. The van der Waals surface area contributed by atoms with Crippen LogP contribution in [0, 0.1) is 5.92 Å². The monoisotopic (exact) mass is 392 g/mol. The van der Waals surface area contributed by atoms with Gasteiger partial charge in [0, 0.05) is 7.11 Å². The number of aromatic nitrogens is 2. The lowest BCUT2D eigenvalue weighted by atomic mass is 10.0. The Kier molecular flexibility index (Phi) is 9.43. The number of aliphatic hydroxyl groups excluding tert-OH is 1. The highest BCUT2D eigenvalue weighted by Gasteiger charge is 2.24. The molecule has 0 fully saturated rings. The molecule has 0 saturated carbocycles. The maximum Gasteiger partial charge on any atom is 0.298 e.